The molecule has 5 nitrogen and oxygen atoms in total. The Morgan fingerprint density at radius 3 is 2.55 bits per heavy atom. The van der Waals surface area contributed by atoms with Crippen LogP contribution in [-0.4, -0.2) is 47.0 Å². The number of aromatic nitrogens is 1. The average molecular weight is 522 g/mol. The molecule has 2 saturated heterocycles. The van der Waals surface area contributed by atoms with Crippen molar-refractivity contribution in [1.29, 1.82) is 5.26 Å². The van der Waals surface area contributed by atoms with Crippen molar-refractivity contribution >= 4 is 33.7 Å². The predicted molar refractivity (Wildman–Crippen MR) is 158 cm³/mol. The quantitative estimate of drug-likeness (QED) is 0.289. The molecular formula is C32H35N5S. The van der Waals surface area contributed by atoms with E-state index in [1.54, 1.807) is 0 Å². The fourth-order valence-corrected chi connectivity index (χ4v) is 6.93. The van der Waals surface area contributed by atoms with Gasteiger partial charge in [0.05, 0.1) is 11.1 Å². The Kier molecular flexibility index (Phi) is 7.16. The van der Waals surface area contributed by atoms with Crippen LogP contribution in [0.5, 0.6) is 0 Å². The largest absolute Gasteiger partial charge is 0.339 e. The predicted octanol–water partition coefficient (Wildman–Crippen LogP) is 7.26. The molecule has 2 aliphatic heterocycles. The van der Waals surface area contributed by atoms with Crippen molar-refractivity contribution in [2.45, 2.75) is 52.1 Å². The van der Waals surface area contributed by atoms with Gasteiger partial charge in [-0.05, 0) is 99.0 Å². The number of piperidine rings is 1. The van der Waals surface area contributed by atoms with E-state index in [0.29, 0.717) is 11.4 Å². The number of pyridine rings is 1. The van der Waals surface area contributed by atoms with E-state index in [-0.39, 0.29) is 0 Å². The van der Waals surface area contributed by atoms with Crippen molar-refractivity contribution in [3.8, 4) is 17.2 Å². The van der Waals surface area contributed by atoms with Crippen LogP contribution in [0.25, 0.3) is 22.0 Å². The molecule has 4 aromatic rings. The Hall–Kier alpha value is -3.24. The number of aryl methyl sites for hydroxylation is 2. The Balaban J connectivity index is 1.18. The minimum absolute atomic E-state index is 0.552. The van der Waals surface area contributed by atoms with Gasteiger partial charge in [-0.3, -0.25) is 4.90 Å². The summed E-state index contributed by atoms with van der Waals surface area (Å²) in [5.41, 5.74) is 7.18. The highest BCUT2D eigenvalue weighted by Crippen LogP contribution is 2.32. The van der Waals surface area contributed by atoms with Gasteiger partial charge in [-0.1, -0.05) is 29.8 Å². The zero-order valence-electron chi connectivity index (χ0n) is 22.3. The number of anilines is 2. The molecule has 2 aliphatic rings. The minimum atomic E-state index is 0.552. The lowest BCUT2D eigenvalue weighted by atomic mass is 10.0. The number of fused-ring (bicyclic) bond motifs is 1. The van der Waals surface area contributed by atoms with Crippen molar-refractivity contribution < 1.29 is 0 Å². The van der Waals surface area contributed by atoms with Gasteiger partial charge in [0.1, 0.15) is 11.9 Å². The van der Waals surface area contributed by atoms with E-state index in [0.717, 1.165) is 34.7 Å². The van der Waals surface area contributed by atoms with Crippen molar-refractivity contribution in [1.82, 2.24) is 14.8 Å². The zero-order chi connectivity index (χ0) is 26.1. The maximum Gasteiger partial charge on any atom is 0.149 e. The van der Waals surface area contributed by atoms with Crippen molar-refractivity contribution in [3.05, 3.63) is 75.5 Å². The van der Waals surface area contributed by atoms with Crippen LogP contribution in [0.3, 0.4) is 0 Å². The van der Waals surface area contributed by atoms with E-state index < -0.39 is 0 Å². The Morgan fingerprint density at radius 2 is 1.79 bits per heavy atom. The fourth-order valence-electron chi connectivity index (χ4n) is 5.99. The minimum Gasteiger partial charge on any atom is -0.339 e. The SMILES string of the molecule is Cc1ccc(Nc2nc3cc(-c4csc(CN5CCC(N6CCCC6)CC5)c4)ccc3cc2C#N)c(C)c1. The molecule has 2 fully saturated rings. The Morgan fingerprint density at radius 1 is 0.974 bits per heavy atom. The molecule has 0 spiro atoms. The normalized spacial score (nSPS) is 17.2. The number of hydrogen-bond donors (Lipinski definition) is 1. The first-order valence-corrected chi connectivity index (χ1v) is 14.7. The molecule has 4 heterocycles. The zero-order valence-corrected chi connectivity index (χ0v) is 23.2. The first kappa shape index (κ1) is 25.1. The van der Waals surface area contributed by atoms with Crippen LogP contribution in [0.15, 0.2) is 53.9 Å². The maximum atomic E-state index is 9.77. The second kappa shape index (κ2) is 10.9. The molecule has 2 aromatic carbocycles. The van der Waals surface area contributed by atoms with Crippen molar-refractivity contribution in [2.75, 3.05) is 31.5 Å². The molecule has 1 N–H and O–H groups in total. The maximum absolute atomic E-state index is 9.77. The second-order valence-corrected chi connectivity index (χ2v) is 11.9. The van der Waals surface area contributed by atoms with E-state index in [1.807, 2.05) is 17.4 Å². The van der Waals surface area contributed by atoms with Crippen LogP contribution in [-0.2, 0) is 6.54 Å². The first-order chi connectivity index (χ1) is 18.6. The first-order valence-electron chi connectivity index (χ1n) is 13.8. The smallest absolute Gasteiger partial charge is 0.149 e. The van der Waals surface area contributed by atoms with Crippen LogP contribution in [0.1, 0.15) is 47.3 Å². The lowest BCUT2D eigenvalue weighted by Crippen LogP contribution is -2.43. The lowest BCUT2D eigenvalue weighted by Gasteiger charge is -2.36. The molecule has 0 atom stereocenters. The number of nitriles is 1. The molecule has 194 valence electrons. The van der Waals surface area contributed by atoms with Gasteiger partial charge in [-0.2, -0.15) is 5.26 Å². The number of thiophene rings is 1. The molecular weight excluding hydrogens is 486 g/mol. The third-order valence-corrected chi connectivity index (χ3v) is 9.08. The number of rotatable bonds is 6. The van der Waals surface area contributed by atoms with Crippen LogP contribution in [0.2, 0.25) is 0 Å². The summed E-state index contributed by atoms with van der Waals surface area (Å²) >= 11 is 1.86. The molecule has 2 aromatic heterocycles. The summed E-state index contributed by atoms with van der Waals surface area (Å²) in [6.45, 7) is 10.2. The van der Waals surface area contributed by atoms with Crippen LogP contribution < -0.4 is 5.32 Å². The molecule has 6 heteroatoms. The van der Waals surface area contributed by atoms with Crippen LogP contribution in [0.4, 0.5) is 11.5 Å². The van der Waals surface area contributed by atoms with E-state index in [4.69, 9.17) is 4.98 Å². The number of likely N-dealkylation sites (tertiary alicyclic amines) is 2. The highest BCUT2D eigenvalue weighted by molar-refractivity contribution is 7.10. The molecule has 38 heavy (non-hydrogen) atoms. The topological polar surface area (TPSA) is 55.2 Å². The van der Waals surface area contributed by atoms with E-state index in [1.165, 1.54) is 73.4 Å². The van der Waals surface area contributed by atoms with Gasteiger partial charge in [-0.25, -0.2) is 4.98 Å². The summed E-state index contributed by atoms with van der Waals surface area (Å²) in [6.07, 6.45) is 5.37. The summed E-state index contributed by atoms with van der Waals surface area (Å²) in [5.74, 6) is 0.604. The second-order valence-electron chi connectivity index (χ2n) is 10.9. The van der Waals surface area contributed by atoms with Crippen molar-refractivity contribution in [2.24, 2.45) is 0 Å². The molecule has 0 radical (unpaired) electrons. The Labute approximate surface area is 229 Å². The number of nitrogens with one attached hydrogen (secondary N) is 1. The monoisotopic (exact) mass is 521 g/mol. The van der Waals surface area contributed by atoms with E-state index in [2.05, 4.69) is 82.9 Å². The van der Waals surface area contributed by atoms with Gasteiger partial charge in [0.2, 0.25) is 0 Å². The Bertz CT molecular complexity index is 1490. The van der Waals surface area contributed by atoms with Gasteiger partial charge in [0.15, 0.2) is 0 Å². The van der Waals surface area contributed by atoms with E-state index >= 15 is 0 Å². The van der Waals surface area contributed by atoms with Gasteiger partial charge >= 0.3 is 0 Å². The molecule has 6 rings (SSSR count). The summed E-state index contributed by atoms with van der Waals surface area (Å²) in [6, 6.07) is 20.0. The van der Waals surface area contributed by atoms with Gasteiger partial charge in [0.25, 0.3) is 0 Å². The molecule has 0 saturated carbocycles. The number of benzene rings is 2. The van der Waals surface area contributed by atoms with Gasteiger partial charge in [-0.15, -0.1) is 11.3 Å². The molecule has 0 unspecified atom stereocenters. The summed E-state index contributed by atoms with van der Waals surface area (Å²) in [5, 5.41) is 16.4. The van der Waals surface area contributed by atoms with Crippen LogP contribution >= 0.6 is 11.3 Å². The summed E-state index contributed by atoms with van der Waals surface area (Å²) in [7, 11) is 0. The highest BCUT2D eigenvalue weighted by atomic mass is 32.1. The highest BCUT2D eigenvalue weighted by Gasteiger charge is 2.26. The average Bonchev–Trinajstić information content (AvgIpc) is 3.63. The van der Waals surface area contributed by atoms with Gasteiger partial charge < -0.3 is 10.2 Å². The molecule has 0 aliphatic carbocycles. The van der Waals surface area contributed by atoms with Gasteiger partial charge in [0, 0.05) is 41.6 Å². The summed E-state index contributed by atoms with van der Waals surface area (Å²) < 4.78 is 0. The summed E-state index contributed by atoms with van der Waals surface area (Å²) in [4.78, 5) is 11.7. The molecule has 0 amide bonds. The van der Waals surface area contributed by atoms with Crippen LogP contribution in [0, 0.1) is 25.2 Å². The molecule has 0 bridgehead atoms. The third-order valence-electron chi connectivity index (χ3n) is 8.15. The standard InChI is InChI=1S/C32H35N5S/c1-22-5-8-30(23(2)15-22)34-32-26(19-33)16-25-7-6-24(18-31(25)35-32)27-17-29(38-21-27)20-36-13-9-28(10-14-36)37-11-3-4-12-37/h5-8,15-18,21,28H,3-4,9-14,20H2,1-2H3,(H,34,35). The number of hydrogen-bond acceptors (Lipinski definition) is 6. The fraction of sp³-hybridized carbons (Fsp3) is 0.375. The van der Waals surface area contributed by atoms with E-state index in [9.17, 15) is 5.26 Å². The van der Waals surface area contributed by atoms with Crippen molar-refractivity contribution in [3.63, 3.8) is 0 Å². The number of nitrogens with zero attached hydrogens (tertiary/aromatic N) is 4. The third kappa shape index (κ3) is 5.33. The lowest BCUT2D eigenvalue weighted by molar-refractivity contribution is 0.123.